The number of nitrogens with zero attached hydrogens (tertiary/aromatic N) is 2. The van der Waals surface area contributed by atoms with Gasteiger partial charge in [0, 0.05) is 28.3 Å². The Hall–Kier alpha value is -3.18. The van der Waals surface area contributed by atoms with Crippen molar-refractivity contribution in [2.24, 2.45) is 5.73 Å². The highest BCUT2D eigenvalue weighted by atomic mass is 32.2. The molecular weight excluding hydrogens is 440 g/mol. The zero-order chi connectivity index (χ0) is 25.6. The highest BCUT2D eigenvalue weighted by Gasteiger charge is 2.53. The van der Waals surface area contributed by atoms with Crippen LogP contribution in [0.15, 0.2) is 53.2 Å². The molecule has 2 aromatic heterocycles. The third-order valence-corrected chi connectivity index (χ3v) is 6.92. The normalized spacial score (nSPS) is 21.9. The van der Waals surface area contributed by atoms with Gasteiger partial charge in [-0.3, -0.25) is 19.3 Å². The van der Waals surface area contributed by atoms with Crippen molar-refractivity contribution in [1.82, 2.24) is 10.2 Å². The van der Waals surface area contributed by atoms with Gasteiger partial charge in [0.15, 0.2) is 18.9 Å². The number of primary amides is 1. The summed E-state index contributed by atoms with van der Waals surface area (Å²) in [6, 6.07) is 1.35. The van der Waals surface area contributed by atoms with Crippen molar-refractivity contribution in [2.75, 3.05) is 5.75 Å². The number of hydrogen-bond donors (Lipinski definition) is 2. The summed E-state index contributed by atoms with van der Waals surface area (Å²) in [5, 5.41) is 15.8. The van der Waals surface area contributed by atoms with Crippen LogP contribution in [0, 0.1) is 0 Å². The van der Waals surface area contributed by atoms with Gasteiger partial charge in [-0.1, -0.05) is 6.07 Å². The van der Waals surface area contributed by atoms with Crippen LogP contribution in [-0.4, -0.2) is 45.8 Å². The lowest BCUT2D eigenvalue weighted by atomic mass is 10.0. The molecule has 0 aromatic carbocycles. The summed E-state index contributed by atoms with van der Waals surface area (Å²) in [6.45, 7) is -0.392. The van der Waals surface area contributed by atoms with Crippen LogP contribution in [0.1, 0.15) is 20.7 Å². The zero-order valence-corrected chi connectivity index (χ0v) is 17.5. The summed E-state index contributed by atoms with van der Waals surface area (Å²) >= 11 is 2.59. The first-order valence-corrected chi connectivity index (χ1v) is 11.0. The van der Waals surface area contributed by atoms with Crippen LogP contribution >= 0.6 is 23.1 Å². The molecule has 1 fully saturated rings. The van der Waals surface area contributed by atoms with Gasteiger partial charge in [-0.25, -0.2) is 4.57 Å². The Labute approximate surface area is 191 Å². The van der Waals surface area contributed by atoms with Gasteiger partial charge in [-0.2, -0.15) is 0 Å². The summed E-state index contributed by atoms with van der Waals surface area (Å²) in [6.07, 6.45) is -1.12. The van der Waals surface area contributed by atoms with Crippen LogP contribution in [-0.2, 0) is 27.3 Å². The number of amides is 3. The fourth-order valence-electron chi connectivity index (χ4n) is 3.29. The van der Waals surface area contributed by atoms with Gasteiger partial charge in [-0.15, -0.1) is 23.1 Å². The van der Waals surface area contributed by atoms with Crippen LogP contribution in [0.4, 0.5) is 0 Å². The number of rotatable bonds is 7. The fourth-order valence-corrected chi connectivity index (χ4v) is 5.33. The predicted molar refractivity (Wildman–Crippen MR) is 110 cm³/mol. The average Bonchev–Trinajstić information content (AvgIpc) is 3.31. The summed E-state index contributed by atoms with van der Waals surface area (Å²) in [5.41, 5.74) is 4.27. The smallest absolute Gasteiger partial charge is 0.253 e. The van der Waals surface area contributed by atoms with Gasteiger partial charge < -0.3 is 21.0 Å². The number of thioether (sulfide) groups is 1. The van der Waals surface area contributed by atoms with E-state index in [1.807, 2.05) is 5.38 Å². The number of aliphatic carboxylic acids is 1. The Morgan fingerprint density at radius 3 is 2.71 bits per heavy atom. The standard InChI is InChI=1S/C20H18N4O5S2/c21-17(26)11-3-5-23(6-4-11)9-12-10-31-19-15(18(27)24(19)16(12)20(28)29)22-14(25)8-13-2-1-7-30-13/h1-7,15,19H,8-10H2,(H3-,21,22,25,26,28,29)/t15-,19-/m1/s1/i3D,4D,5D,6D. The van der Waals surface area contributed by atoms with Gasteiger partial charge in [0.1, 0.15) is 14.2 Å². The third kappa shape index (κ3) is 4.19. The monoisotopic (exact) mass is 462 g/mol. The lowest BCUT2D eigenvalue weighted by molar-refractivity contribution is -0.689. The van der Waals surface area contributed by atoms with Crippen molar-refractivity contribution < 1.29 is 34.3 Å². The number of β-lactam (4-membered cyclic amide) rings is 1. The summed E-state index contributed by atoms with van der Waals surface area (Å²) < 4.78 is 33.1. The molecule has 11 heteroatoms. The molecule has 0 spiro atoms. The Morgan fingerprint density at radius 2 is 2.10 bits per heavy atom. The van der Waals surface area contributed by atoms with E-state index in [0.29, 0.717) is 0 Å². The molecule has 2 aliphatic heterocycles. The quantitative estimate of drug-likeness (QED) is 0.391. The Bertz CT molecular complexity index is 1270. The van der Waals surface area contributed by atoms with E-state index in [4.69, 9.17) is 11.2 Å². The zero-order valence-electron chi connectivity index (χ0n) is 19.8. The molecule has 0 radical (unpaired) electrons. The molecule has 9 nitrogen and oxygen atoms in total. The van der Waals surface area contributed by atoms with E-state index >= 15 is 0 Å². The number of nitrogens with one attached hydrogen (secondary N) is 1. The van der Waals surface area contributed by atoms with Crippen molar-refractivity contribution >= 4 is 46.8 Å². The minimum atomic E-state index is -1.65. The number of carboxylic acids is 1. The molecule has 3 amide bonds. The molecule has 2 aliphatic rings. The molecule has 3 N–H and O–H groups in total. The number of fused-ring (bicyclic) bond motifs is 1. The Kier molecular flexibility index (Phi) is 4.53. The van der Waals surface area contributed by atoms with E-state index in [1.54, 1.807) is 12.1 Å². The molecule has 0 aliphatic carbocycles. The molecule has 2 aromatic rings. The first-order valence-electron chi connectivity index (χ1n) is 11.0. The minimum Gasteiger partial charge on any atom is -0.543 e. The highest BCUT2D eigenvalue weighted by molar-refractivity contribution is 8.00. The van der Waals surface area contributed by atoms with Crippen LogP contribution in [0.5, 0.6) is 0 Å². The minimum absolute atomic E-state index is 0.0686. The molecule has 31 heavy (non-hydrogen) atoms. The van der Waals surface area contributed by atoms with E-state index < -0.39 is 71.4 Å². The van der Waals surface area contributed by atoms with Crippen molar-refractivity contribution in [3.05, 3.63) is 63.7 Å². The molecule has 0 unspecified atom stereocenters. The second-order valence-electron chi connectivity index (χ2n) is 6.75. The number of carboxylic acid groups (broad SMARTS) is 1. The average molecular weight is 463 g/mol. The number of pyridine rings is 1. The van der Waals surface area contributed by atoms with E-state index in [0.717, 1.165) is 14.3 Å². The maximum absolute atomic E-state index is 12.8. The maximum atomic E-state index is 12.8. The van der Waals surface area contributed by atoms with Gasteiger partial charge in [-0.05, 0) is 11.4 Å². The molecule has 2 atom stereocenters. The predicted octanol–water partition coefficient (Wildman–Crippen LogP) is -1.22. The Balaban J connectivity index is 1.60. The summed E-state index contributed by atoms with van der Waals surface area (Å²) in [7, 11) is 0. The number of hydrogen-bond acceptors (Lipinski definition) is 7. The second-order valence-corrected chi connectivity index (χ2v) is 8.89. The molecule has 4 rings (SSSR count). The van der Waals surface area contributed by atoms with E-state index in [-0.39, 0.29) is 23.7 Å². The highest BCUT2D eigenvalue weighted by Crippen LogP contribution is 2.40. The molecule has 1 saturated heterocycles. The largest absolute Gasteiger partial charge is 0.543 e. The first-order chi connectivity index (χ1) is 16.5. The van der Waals surface area contributed by atoms with Gasteiger partial charge >= 0.3 is 0 Å². The van der Waals surface area contributed by atoms with E-state index in [2.05, 4.69) is 5.32 Å². The molecule has 4 heterocycles. The number of carbonyl (C=O) groups excluding carboxylic acids is 4. The number of carbonyl (C=O) groups is 4. The van der Waals surface area contributed by atoms with Crippen molar-refractivity contribution in [2.45, 2.75) is 24.4 Å². The second kappa shape index (κ2) is 8.52. The van der Waals surface area contributed by atoms with Crippen LogP contribution in [0.2, 0.25) is 0 Å². The van der Waals surface area contributed by atoms with E-state index in [9.17, 15) is 24.3 Å². The van der Waals surface area contributed by atoms with E-state index in [1.165, 1.54) is 23.1 Å². The first kappa shape index (κ1) is 16.5. The van der Waals surface area contributed by atoms with Gasteiger partial charge in [0.2, 0.25) is 11.8 Å². The van der Waals surface area contributed by atoms with Gasteiger partial charge in [0.05, 0.1) is 26.4 Å². The molecule has 160 valence electrons. The molecule has 0 bridgehead atoms. The van der Waals surface area contributed by atoms with Crippen LogP contribution < -0.4 is 20.7 Å². The van der Waals surface area contributed by atoms with Crippen LogP contribution in [0.25, 0.3) is 0 Å². The lowest BCUT2D eigenvalue weighted by Gasteiger charge is -2.50. The summed E-state index contributed by atoms with van der Waals surface area (Å²) in [5.74, 6) is -3.71. The molecule has 0 saturated carbocycles. The lowest BCUT2D eigenvalue weighted by Crippen LogP contribution is -2.71. The molecular formula is C20H18N4O5S2. The Morgan fingerprint density at radius 1 is 1.35 bits per heavy atom. The third-order valence-electron chi connectivity index (χ3n) is 4.70. The number of thiophene rings is 1. The van der Waals surface area contributed by atoms with Crippen molar-refractivity contribution in [3.63, 3.8) is 0 Å². The summed E-state index contributed by atoms with van der Waals surface area (Å²) in [4.78, 5) is 50.5. The van der Waals surface area contributed by atoms with Crippen LogP contribution in [0.3, 0.4) is 0 Å². The topological polar surface area (TPSA) is 137 Å². The number of aromatic nitrogens is 1. The van der Waals surface area contributed by atoms with Crippen molar-refractivity contribution in [1.29, 1.82) is 0 Å². The fraction of sp³-hybridized carbons (Fsp3) is 0.250. The SMILES string of the molecule is [2H]c1c(C(N)=O)c([2H])c([2H])[n+](CC2=C(C(=O)[O-])N3C(=O)[C@@H](NC(=O)Cc4cccs4)[C@H]3SC2)c1[2H]. The van der Waals surface area contributed by atoms with Gasteiger partial charge in [0.25, 0.3) is 5.91 Å². The maximum Gasteiger partial charge on any atom is 0.253 e. The number of nitrogens with two attached hydrogens (primary N) is 1. The van der Waals surface area contributed by atoms with Crippen molar-refractivity contribution in [3.8, 4) is 0 Å².